The lowest BCUT2D eigenvalue weighted by Gasteiger charge is -2.07. The normalized spacial score (nSPS) is 9.21. The van der Waals surface area contributed by atoms with Crippen molar-refractivity contribution in [3.05, 3.63) is 29.8 Å². The first-order valence-electron chi connectivity index (χ1n) is 4.07. The van der Waals surface area contributed by atoms with Gasteiger partial charge in [0.1, 0.15) is 6.29 Å². The maximum absolute atomic E-state index is 10.4. The van der Waals surface area contributed by atoms with E-state index in [1.165, 1.54) is 0 Å². The van der Waals surface area contributed by atoms with Crippen LogP contribution < -0.4 is 0 Å². The van der Waals surface area contributed by atoms with Crippen molar-refractivity contribution in [2.24, 2.45) is 0 Å². The van der Waals surface area contributed by atoms with Crippen LogP contribution in [0.2, 0.25) is 0 Å². The molecule has 4 heteroatoms. The van der Waals surface area contributed by atoms with Crippen molar-refractivity contribution in [3.63, 3.8) is 0 Å². The Bertz CT molecular complexity index is 277. The van der Waals surface area contributed by atoms with Gasteiger partial charge in [0.2, 0.25) is 0 Å². The largest absolute Gasteiger partial charge is 0.400 e. The first-order chi connectivity index (χ1) is 6.72. The van der Waals surface area contributed by atoms with Gasteiger partial charge in [-0.1, -0.05) is 12.1 Å². The van der Waals surface area contributed by atoms with Crippen LogP contribution >= 0.6 is 11.9 Å². The van der Waals surface area contributed by atoms with E-state index in [2.05, 4.69) is 0 Å². The summed E-state index contributed by atoms with van der Waals surface area (Å²) in [6.07, 6.45) is 0.861. The SMILES string of the molecule is CN(C)Sc1cccc(C=O)c1.CO. The van der Waals surface area contributed by atoms with Crippen molar-refractivity contribution in [1.82, 2.24) is 4.31 Å². The maximum atomic E-state index is 10.4. The van der Waals surface area contributed by atoms with E-state index < -0.39 is 0 Å². The van der Waals surface area contributed by atoms with E-state index in [1.54, 1.807) is 18.0 Å². The first kappa shape index (κ1) is 13.2. The van der Waals surface area contributed by atoms with Crippen molar-refractivity contribution < 1.29 is 9.90 Å². The number of aliphatic hydroxyl groups is 1. The second kappa shape index (κ2) is 7.55. The molecule has 0 spiro atoms. The van der Waals surface area contributed by atoms with Crippen molar-refractivity contribution in [1.29, 1.82) is 0 Å². The molecule has 0 saturated heterocycles. The molecule has 0 aliphatic carbocycles. The molecule has 0 aromatic heterocycles. The lowest BCUT2D eigenvalue weighted by molar-refractivity contribution is 0.112. The summed E-state index contributed by atoms with van der Waals surface area (Å²) in [6.45, 7) is 0. The van der Waals surface area contributed by atoms with Crippen LogP contribution in [-0.4, -0.2) is 36.9 Å². The second-order valence-corrected chi connectivity index (χ2v) is 3.98. The highest BCUT2D eigenvalue weighted by Gasteiger charge is 1.96. The van der Waals surface area contributed by atoms with E-state index in [-0.39, 0.29) is 0 Å². The Morgan fingerprint density at radius 1 is 1.36 bits per heavy atom. The number of aldehydes is 1. The Kier molecular flexibility index (Phi) is 7.10. The molecule has 0 heterocycles. The van der Waals surface area contributed by atoms with Gasteiger partial charge < -0.3 is 5.11 Å². The van der Waals surface area contributed by atoms with E-state index in [0.717, 1.165) is 23.9 Å². The Labute approximate surface area is 88.9 Å². The molecule has 0 atom stereocenters. The molecule has 3 nitrogen and oxygen atoms in total. The van der Waals surface area contributed by atoms with Crippen molar-refractivity contribution in [3.8, 4) is 0 Å². The molecule has 0 fully saturated rings. The number of benzene rings is 1. The average molecular weight is 213 g/mol. The van der Waals surface area contributed by atoms with Crippen LogP contribution in [0.5, 0.6) is 0 Å². The highest BCUT2D eigenvalue weighted by Crippen LogP contribution is 2.19. The second-order valence-electron chi connectivity index (χ2n) is 2.59. The number of hydrogen-bond donors (Lipinski definition) is 1. The minimum atomic E-state index is 0.724. The number of carbonyl (C=O) groups excluding carboxylic acids is 1. The molecule has 0 saturated carbocycles. The third-order valence-electron chi connectivity index (χ3n) is 1.28. The smallest absolute Gasteiger partial charge is 0.150 e. The van der Waals surface area contributed by atoms with Crippen LogP contribution in [0, 0.1) is 0 Å². The number of hydrogen-bond acceptors (Lipinski definition) is 4. The molecule has 1 N–H and O–H groups in total. The van der Waals surface area contributed by atoms with E-state index in [1.807, 2.05) is 36.6 Å². The van der Waals surface area contributed by atoms with Gasteiger partial charge in [0, 0.05) is 17.6 Å². The first-order valence-corrected chi connectivity index (χ1v) is 4.85. The van der Waals surface area contributed by atoms with Gasteiger partial charge in [-0.15, -0.1) is 0 Å². The summed E-state index contributed by atoms with van der Waals surface area (Å²) >= 11 is 1.60. The van der Waals surface area contributed by atoms with Crippen molar-refractivity contribution in [2.75, 3.05) is 21.2 Å². The molecule has 1 aromatic rings. The summed E-state index contributed by atoms with van der Waals surface area (Å²) in [6, 6.07) is 7.54. The zero-order chi connectivity index (χ0) is 11.0. The summed E-state index contributed by atoms with van der Waals surface area (Å²) in [7, 11) is 4.94. The zero-order valence-corrected chi connectivity index (χ0v) is 9.41. The van der Waals surface area contributed by atoms with Gasteiger partial charge >= 0.3 is 0 Å². The van der Waals surface area contributed by atoms with Gasteiger partial charge in [0.25, 0.3) is 0 Å². The van der Waals surface area contributed by atoms with E-state index in [0.29, 0.717) is 0 Å². The Hall–Kier alpha value is -0.840. The minimum Gasteiger partial charge on any atom is -0.400 e. The summed E-state index contributed by atoms with van der Waals surface area (Å²) < 4.78 is 1.99. The molecule has 1 rings (SSSR count). The van der Waals surface area contributed by atoms with Crippen molar-refractivity contribution in [2.45, 2.75) is 4.90 Å². The fraction of sp³-hybridized carbons (Fsp3) is 0.300. The Morgan fingerprint density at radius 2 is 2.00 bits per heavy atom. The maximum Gasteiger partial charge on any atom is 0.150 e. The molecular formula is C10H15NO2S. The standard InChI is InChI=1S/C9H11NOS.CH4O/c1-10(2)12-9-5-3-4-8(6-9)7-11;1-2/h3-7H,1-2H3;2H,1H3. The lowest BCUT2D eigenvalue weighted by atomic mass is 10.2. The molecule has 0 amide bonds. The third kappa shape index (κ3) is 5.01. The minimum absolute atomic E-state index is 0.724. The molecule has 0 aliphatic rings. The van der Waals surface area contributed by atoms with E-state index >= 15 is 0 Å². The quantitative estimate of drug-likeness (QED) is 0.612. The molecule has 0 radical (unpaired) electrons. The number of rotatable bonds is 3. The molecule has 1 aromatic carbocycles. The third-order valence-corrected chi connectivity index (χ3v) is 2.11. The molecule has 14 heavy (non-hydrogen) atoms. The topological polar surface area (TPSA) is 40.5 Å². The van der Waals surface area contributed by atoms with Gasteiger partial charge in [0.15, 0.2) is 0 Å². The molecular weight excluding hydrogens is 198 g/mol. The average Bonchev–Trinajstić information content (AvgIpc) is 2.20. The molecule has 0 unspecified atom stereocenters. The summed E-state index contributed by atoms with van der Waals surface area (Å²) in [5.41, 5.74) is 0.724. The number of nitrogens with zero attached hydrogens (tertiary/aromatic N) is 1. The highest BCUT2D eigenvalue weighted by atomic mass is 32.2. The number of aliphatic hydroxyl groups excluding tert-OH is 1. The highest BCUT2D eigenvalue weighted by molar-refractivity contribution is 7.97. The van der Waals surface area contributed by atoms with Crippen LogP contribution in [0.25, 0.3) is 0 Å². The van der Waals surface area contributed by atoms with Crippen LogP contribution in [0.15, 0.2) is 29.2 Å². The predicted octanol–water partition coefficient (Wildman–Crippen LogP) is 1.68. The van der Waals surface area contributed by atoms with Gasteiger partial charge in [-0.3, -0.25) is 9.10 Å². The lowest BCUT2D eigenvalue weighted by Crippen LogP contribution is -1.98. The Morgan fingerprint density at radius 3 is 2.50 bits per heavy atom. The van der Waals surface area contributed by atoms with Crippen LogP contribution in [-0.2, 0) is 0 Å². The van der Waals surface area contributed by atoms with Gasteiger partial charge in [-0.2, -0.15) is 0 Å². The monoisotopic (exact) mass is 213 g/mol. The fourth-order valence-electron chi connectivity index (χ4n) is 0.855. The zero-order valence-electron chi connectivity index (χ0n) is 8.60. The van der Waals surface area contributed by atoms with Crippen LogP contribution in [0.1, 0.15) is 10.4 Å². The van der Waals surface area contributed by atoms with Crippen LogP contribution in [0.4, 0.5) is 0 Å². The van der Waals surface area contributed by atoms with Crippen molar-refractivity contribution >= 4 is 18.2 Å². The molecule has 0 aliphatic heterocycles. The number of carbonyl (C=O) groups is 1. The van der Waals surface area contributed by atoms with Gasteiger partial charge in [-0.25, -0.2) is 0 Å². The molecule has 0 bridgehead atoms. The van der Waals surface area contributed by atoms with Crippen LogP contribution in [0.3, 0.4) is 0 Å². The predicted molar refractivity (Wildman–Crippen MR) is 59.5 cm³/mol. The summed E-state index contributed by atoms with van der Waals surface area (Å²) in [5, 5.41) is 7.00. The summed E-state index contributed by atoms with van der Waals surface area (Å²) in [4.78, 5) is 11.5. The van der Waals surface area contributed by atoms with Gasteiger partial charge in [0.05, 0.1) is 0 Å². The fourth-order valence-corrected chi connectivity index (χ4v) is 1.61. The molecule has 78 valence electrons. The Balaban J connectivity index is 0.000000791. The van der Waals surface area contributed by atoms with Gasteiger partial charge in [-0.05, 0) is 38.2 Å². The van der Waals surface area contributed by atoms with E-state index in [9.17, 15) is 4.79 Å². The van der Waals surface area contributed by atoms with E-state index in [4.69, 9.17) is 5.11 Å². The summed E-state index contributed by atoms with van der Waals surface area (Å²) in [5.74, 6) is 0.